The van der Waals surface area contributed by atoms with Crippen LogP contribution in [-0.2, 0) is 14.3 Å². The van der Waals surface area contributed by atoms with Crippen molar-refractivity contribution in [1.29, 1.82) is 0 Å². The Morgan fingerprint density at radius 2 is 1.45 bits per heavy atom. The molecule has 0 aromatic heterocycles. The zero-order valence-electron chi connectivity index (χ0n) is 18.5. The van der Waals surface area contributed by atoms with E-state index in [2.05, 4.69) is 32.1 Å². The average molecular weight is 520 g/mol. The maximum atomic E-state index is 12.5. The molecule has 9 nitrogen and oxygen atoms in total. The first-order chi connectivity index (χ1) is 15.7. The van der Waals surface area contributed by atoms with E-state index in [4.69, 9.17) is 9.47 Å². The summed E-state index contributed by atoms with van der Waals surface area (Å²) in [4.78, 5) is 48.9. The Hall–Kier alpha value is -3.40. The van der Waals surface area contributed by atoms with Crippen molar-refractivity contribution < 1.29 is 28.7 Å². The van der Waals surface area contributed by atoms with Crippen molar-refractivity contribution in [3.63, 3.8) is 0 Å². The number of carbonyl (C=O) groups excluding carboxylic acids is 4. The van der Waals surface area contributed by atoms with Crippen molar-refractivity contribution in [2.75, 3.05) is 13.2 Å². The smallest absolute Gasteiger partial charge is 0.329 e. The lowest BCUT2D eigenvalue weighted by molar-refractivity contribution is -0.151. The molecule has 0 aliphatic heterocycles. The molecule has 0 aliphatic carbocycles. The van der Waals surface area contributed by atoms with E-state index in [1.165, 1.54) is 0 Å². The Bertz CT molecular complexity index is 977. The number of carbonyl (C=O) groups is 4. The summed E-state index contributed by atoms with van der Waals surface area (Å²) in [7, 11) is 0. The van der Waals surface area contributed by atoms with Gasteiger partial charge in [-0.05, 0) is 61.4 Å². The highest BCUT2D eigenvalue weighted by Gasteiger charge is 2.27. The van der Waals surface area contributed by atoms with Crippen LogP contribution in [-0.4, -0.2) is 42.9 Å². The lowest BCUT2D eigenvalue weighted by atomic mass is 10.0. The minimum absolute atomic E-state index is 0.288. The highest BCUT2D eigenvalue weighted by Crippen LogP contribution is 2.13. The molecule has 0 aliphatic rings. The molecule has 3 N–H and O–H groups in total. The van der Waals surface area contributed by atoms with E-state index < -0.39 is 36.3 Å². The van der Waals surface area contributed by atoms with Gasteiger partial charge in [-0.15, -0.1) is 0 Å². The minimum Gasteiger partial charge on any atom is -0.494 e. The molecule has 33 heavy (non-hydrogen) atoms. The van der Waals surface area contributed by atoms with Gasteiger partial charge in [0.05, 0.1) is 6.61 Å². The van der Waals surface area contributed by atoms with Crippen LogP contribution in [0.2, 0.25) is 0 Å². The fourth-order valence-corrected chi connectivity index (χ4v) is 2.92. The molecule has 10 heteroatoms. The van der Waals surface area contributed by atoms with Crippen molar-refractivity contribution in [1.82, 2.24) is 16.2 Å². The number of hydrazine groups is 1. The van der Waals surface area contributed by atoms with Gasteiger partial charge in [0.1, 0.15) is 11.8 Å². The molecular weight excluding hydrogens is 494 g/mol. The number of ether oxygens (including phenoxy) is 2. The van der Waals surface area contributed by atoms with Crippen LogP contribution in [0.3, 0.4) is 0 Å². The van der Waals surface area contributed by atoms with Crippen LogP contribution in [0.1, 0.15) is 41.5 Å². The second kappa shape index (κ2) is 12.6. The number of nitrogens with one attached hydrogen (secondary N) is 3. The van der Waals surface area contributed by atoms with Crippen LogP contribution in [0.25, 0.3) is 0 Å². The number of esters is 1. The summed E-state index contributed by atoms with van der Waals surface area (Å²) in [6, 6.07) is 12.1. The molecule has 176 valence electrons. The van der Waals surface area contributed by atoms with Crippen LogP contribution < -0.4 is 20.9 Å². The molecule has 1 atom stereocenters. The van der Waals surface area contributed by atoms with Gasteiger partial charge in [-0.25, -0.2) is 4.79 Å². The third kappa shape index (κ3) is 8.23. The topological polar surface area (TPSA) is 123 Å². The van der Waals surface area contributed by atoms with Gasteiger partial charge in [-0.2, -0.15) is 0 Å². The molecule has 0 radical (unpaired) electrons. The Morgan fingerprint density at radius 1 is 0.879 bits per heavy atom. The van der Waals surface area contributed by atoms with E-state index in [1.807, 2.05) is 6.92 Å². The SMILES string of the molecule is CCOc1ccc(C(=O)N[C@H](C(=O)OCC(=O)NNC(=O)c2ccc(Br)cc2)C(C)C)cc1. The van der Waals surface area contributed by atoms with Gasteiger partial charge < -0.3 is 14.8 Å². The Balaban J connectivity index is 1.84. The second-order valence-corrected chi connectivity index (χ2v) is 8.19. The Morgan fingerprint density at radius 3 is 2.03 bits per heavy atom. The summed E-state index contributed by atoms with van der Waals surface area (Å²) in [5, 5.41) is 2.62. The van der Waals surface area contributed by atoms with Crippen LogP contribution >= 0.6 is 15.9 Å². The molecule has 0 saturated carbocycles. The summed E-state index contributed by atoms with van der Waals surface area (Å²) < 4.78 is 11.2. The predicted octanol–water partition coefficient (Wildman–Crippen LogP) is 2.61. The van der Waals surface area contributed by atoms with Gasteiger partial charge in [0.25, 0.3) is 17.7 Å². The monoisotopic (exact) mass is 519 g/mol. The van der Waals surface area contributed by atoms with Crippen LogP contribution in [0.5, 0.6) is 5.75 Å². The van der Waals surface area contributed by atoms with Crippen molar-refractivity contribution in [2.45, 2.75) is 26.8 Å². The third-order valence-corrected chi connectivity index (χ3v) is 4.93. The van der Waals surface area contributed by atoms with E-state index in [9.17, 15) is 19.2 Å². The van der Waals surface area contributed by atoms with Gasteiger partial charge in [-0.1, -0.05) is 29.8 Å². The first kappa shape index (κ1) is 25.9. The minimum atomic E-state index is -0.964. The summed E-state index contributed by atoms with van der Waals surface area (Å²) >= 11 is 3.27. The van der Waals surface area contributed by atoms with Crippen LogP contribution in [0.4, 0.5) is 0 Å². The first-order valence-corrected chi connectivity index (χ1v) is 11.1. The molecule has 0 spiro atoms. The lowest BCUT2D eigenvalue weighted by Crippen LogP contribution is -2.47. The zero-order chi connectivity index (χ0) is 24.4. The summed E-state index contributed by atoms with van der Waals surface area (Å²) in [5.74, 6) is -2.13. The van der Waals surface area contributed by atoms with Crippen molar-refractivity contribution in [3.8, 4) is 5.75 Å². The van der Waals surface area contributed by atoms with Crippen molar-refractivity contribution in [2.24, 2.45) is 5.92 Å². The number of hydrogen-bond acceptors (Lipinski definition) is 6. The molecule has 0 saturated heterocycles. The van der Waals surface area contributed by atoms with Crippen molar-refractivity contribution >= 4 is 39.6 Å². The largest absolute Gasteiger partial charge is 0.494 e. The molecule has 0 fully saturated rings. The fourth-order valence-electron chi connectivity index (χ4n) is 2.65. The molecule has 0 heterocycles. The molecule has 0 unspecified atom stereocenters. The van der Waals surface area contributed by atoms with E-state index in [1.54, 1.807) is 62.4 Å². The van der Waals surface area contributed by atoms with E-state index in [-0.39, 0.29) is 5.92 Å². The van der Waals surface area contributed by atoms with Gasteiger partial charge in [0.15, 0.2) is 6.61 Å². The maximum absolute atomic E-state index is 12.5. The molecule has 2 aromatic rings. The van der Waals surface area contributed by atoms with Crippen molar-refractivity contribution in [3.05, 3.63) is 64.1 Å². The normalized spacial score (nSPS) is 11.3. The van der Waals surface area contributed by atoms with Gasteiger partial charge >= 0.3 is 5.97 Å². The van der Waals surface area contributed by atoms with E-state index in [0.717, 1.165) is 4.47 Å². The number of hydrogen-bond donors (Lipinski definition) is 3. The zero-order valence-corrected chi connectivity index (χ0v) is 20.1. The standard InChI is InChI=1S/C23H26BrN3O6/c1-4-32-18-11-7-15(8-12-18)21(29)25-20(14(2)3)23(31)33-13-19(28)26-27-22(30)16-5-9-17(24)10-6-16/h5-12,14,20H,4,13H2,1-3H3,(H,25,29)(H,26,28)(H,27,30)/t20-/m0/s1. The molecule has 3 amide bonds. The number of amides is 3. The van der Waals surface area contributed by atoms with Gasteiger partial charge in [0.2, 0.25) is 0 Å². The molecular formula is C23H26BrN3O6. The molecule has 2 aromatic carbocycles. The summed E-state index contributed by atoms with van der Waals surface area (Å²) in [6.07, 6.45) is 0. The first-order valence-electron chi connectivity index (χ1n) is 10.3. The van der Waals surface area contributed by atoms with E-state index >= 15 is 0 Å². The highest BCUT2D eigenvalue weighted by molar-refractivity contribution is 9.10. The van der Waals surface area contributed by atoms with Gasteiger partial charge in [0, 0.05) is 15.6 Å². The Kier molecular flexibility index (Phi) is 9.86. The third-order valence-electron chi connectivity index (χ3n) is 4.40. The Labute approximate surface area is 200 Å². The average Bonchev–Trinajstić information content (AvgIpc) is 2.80. The molecule has 2 rings (SSSR count). The summed E-state index contributed by atoms with van der Waals surface area (Å²) in [6.45, 7) is 5.22. The number of halogens is 1. The van der Waals surface area contributed by atoms with E-state index in [0.29, 0.717) is 23.5 Å². The summed E-state index contributed by atoms with van der Waals surface area (Å²) in [5.41, 5.74) is 5.10. The predicted molar refractivity (Wildman–Crippen MR) is 124 cm³/mol. The maximum Gasteiger partial charge on any atom is 0.329 e. The van der Waals surface area contributed by atoms with Crippen LogP contribution in [0, 0.1) is 5.92 Å². The quantitative estimate of drug-likeness (QED) is 0.345. The lowest BCUT2D eigenvalue weighted by Gasteiger charge is -2.21. The number of benzene rings is 2. The van der Waals surface area contributed by atoms with Gasteiger partial charge in [-0.3, -0.25) is 25.2 Å². The highest BCUT2D eigenvalue weighted by atomic mass is 79.9. The van der Waals surface area contributed by atoms with Crippen LogP contribution in [0.15, 0.2) is 53.0 Å². The second-order valence-electron chi connectivity index (χ2n) is 7.27. The number of rotatable bonds is 9. The fraction of sp³-hybridized carbons (Fsp3) is 0.304. The molecule has 0 bridgehead atoms.